The molecule has 0 spiro atoms. The van der Waals surface area contributed by atoms with Gasteiger partial charge < -0.3 is 0 Å². The molecule has 2 heterocycles. The van der Waals surface area contributed by atoms with Crippen molar-refractivity contribution in [2.24, 2.45) is 0 Å². The van der Waals surface area contributed by atoms with Gasteiger partial charge in [-0.15, -0.1) is 0 Å². The quantitative estimate of drug-likeness (QED) is 0.622. The maximum Gasteiger partial charge on any atom is 0.228 e. The lowest BCUT2D eigenvalue weighted by molar-refractivity contribution is -0.116. The fourth-order valence-corrected chi connectivity index (χ4v) is 2.43. The number of aryl methyl sites for hydroxylation is 1. The molecule has 0 aliphatic rings. The summed E-state index contributed by atoms with van der Waals surface area (Å²) in [4.78, 5) is 15.8. The van der Waals surface area contributed by atoms with E-state index < -0.39 is 0 Å². The number of nitrogens with one attached hydrogen (secondary N) is 3. The molecule has 9 heteroatoms. The van der Waals surface area contributed by atoms with Gasteiger partial charge in [-0.3, -0.25) is 19.8 Å². The Morgan fingerprint density at radius 2 is 2.26 bits per heavy atom. The largest absolute Gasteiger partial charge is 0.300 e. The molecule has 0 radical (unpaired) electrons. The number of rotatable bonds is 5. The van der Waals surface area contributed by atoms with Crippen molar-refractivity contribution in [3.63, 3.8) is 0 Å². The van der Waals surface area contributed by atoms with E-state index in [0.717, 1.165) is 11.1 Å². The SMILES string of the molecule is Cc1cccc(-c2n[nH]c(=S)n2CCC(=O)Nc2ncn[nH]2)c1. The maximum atomic E-state index is 11.9. The van der Waals surface area contributed by atoms with Crippen LogP contribution in [0.2, 0.25) is 0 Å². The first kappa shape index (κ1) is 15.1. The fraction of sp³-hybridized carbons (Fsp3) is 0.214. The molecular formula is C14H15N7OS. The minimum atomic E-state index is -0.181. The average molecular weight is 329 g/mol. The summed E-state index contributed by atoms with van der Waals surface area (Å²) in [5.41, 5.74) is 2.08. The first-order chi connectivity index (χ1) is 11.1. The molecule has 0 bridgehead atoms. The first-order valence-electron chi connectivity index (χ1n) is 7.01. The smallest absolute Gasteiger partial charge is 0.228 e. The molecule has 0 unspecified atom stereocenters. The second-order valence-corrected chi connectivity index (χ2v) is 5.39. The van der Waals surface area contributed by atoms with Crippen LogP contribution in [0.1, 0.15) is 12.0 Å². The molecule has 0 atom stereocenters. The van der Waals surface area contributed by atoms with Gasteiger partial charge in [0.1, 0.15) is 6.33 Å². The van der Waals surface area contributed by atoms with Gasteiger partial charge in [0.05, 0.1) is 0 Å². The van der Waals surface area contributed by atoms with Crippen LogP contribution in [-0.4, -0.2) is 35.9 Å². The maximum absolute atomic E-state index is 11.9. The van der Waals surface area contributed by atoms with Crippen LogP contribution >= 0.6 is 12.2 Å². The minimum Gasteiger partial charge on any atom is -0.300 e. The Bertz CT molecular complexity index is 865. The van der Waals surface area contributed by atoms with E-state index in [0.29, 0.717) is 23.1 Å². The third kappa shape index (κ3) is 3.51. The average Bonchev–Trinajstić information content (AvgIpc) is 3.15. The molecule has 8 nitrogen and oxygen atoms in total. The Balaban J connectivity index is 1.74. The van der Waals surface area contributed by atoms with Crippen molar-refractivity contribution in [1.82, 2.24) is 29.9 Å². The topological polar surface area (TPSA) is 104 Å². The molecule has 0 saturated heterocycles. The Morgan fingerprint density at radius 3 is 3.00 bits per heavy atom. The predicted octanol–water partition coefficient (Wildman–Crippen LogP) is 2.06. The number of anilines is 1. The lowest BCUT2D eigenvalue weighted by atomic mass is 10.1. The molecule has 2 aromatic heterocycles. The molecule has 0 saturated carbocycles. The van der Waals surface area contributed by atoms with Crippen molar-refractivity contribution >= 4 is 24.1 Å². The molecule has 1 amide bonds. The lowest BCUT2D eigenvalue weighted by Crippen LogP contribution is -2.16. The van der Waals surface area contributed by atoms with E-state index in [9.17, 15) is 4.79 Å². The van der Waals surface area contributed by atoms with Gasteiger partial charge in [-0.2, -0.15) is 15.2 Å². The summed E-state index contributed by atoms with van der Waals surface area (Å²) < 4.78 is 2.29. The van der Waals surface area contributed by atoms with Crippen LogP contribution in [0.25, 0.3) is 11.4 Å². The molecule has 3 aromatic rings. The van der Waals surface area contributed by atoms with Crippen LogP contribution in [0.3, 0.4) is 0 Å². The van der Waals surface area contributed by atoms with Crippen molar-refractivity contribution in [1.29, 1.82) is 0 Å². The zero-order chi connectivity index (χ0) is 16.2. The molecule has 0 aliphatic carbocycles. The molecule has 0 aliphatic heterocycles. The van der Waals surface area contributed by atoms with Crippen LogP contribution in [0.5, 0.6) is 0 Å². The second kappa shape index (κ2) is 6.53. The standard InChI is InChI=1S/C14H15N7OS/c1-9-3-2-4-10(7-9)12-18-20-14(23)21(12)6-5-11(22)17-13-15-8-16-19-13/h2-4,7-8H,5-6H2,1H3,(H,20,23)(H2,15,16,17,19,22). The van der Waals surface area contributed by atoms with Gasteiger partial charge in [-0.05, 0) is 25.2 Å². The van der Waals surface area contributed by atoms with E-state index in [1.54, 1.807) is 0 Å². The Labute approximate surface area is 137 Å². The number of carbonyl (C=O) groups excluding carboxylic acids is 1. The van der Waals surface area contributed by atoms with Crippen LogP contribution in [-0.2, 0) is 11.3 Å². The van der Waals surface area contributed by atoms with E-state index in [2.05, 4.69) is 30.7 Å². The van der Waals surface area contributed by atoms with E-state index in [1.807, 2.05) is 35.8 Å². The van der Waals surface area contributed by atoms with Gasteiger partial charge in [-0.1, -0.05) is 23.8 Å². The van der Waals surface area contributed by atoms with Crippen molar-refractivity contribution in [2.75, 3.05) is 5.32 Å². The highest BCUT2D eigenvalue weighted by Crippen LogP contribution is 2.18. The highest BCUT2D eigenvalue weighted by molar-refractivity contribution is 7.71. The van der Waals surface area contributed by atoms with Crippen LogP contribution in [0, 0.1) is 11.7 Å². The summed E-state index contributed by atoms with van der Waals surface area (Å²) >= 11 is 5.26. The molecule has 3 rings (SSSR count). The number of hydrogen-bond donors (Lipinski definition) is 3. The third-order valence-corrected chi connectivity index (χ3v) is 3.58. The fourth-order valence-electron chi connectivity index (χ4n) is 2.20. The third-order valence-electron chi connectivity index (χ3n) is 3.27. The van der Waals surface area contributed by atoms with E-state index in [4.69, 9.17) is 12.2 Å². The number of amides is 1. The van der Waals surface area contributed by atoms with Gasteiger partial charge in [0.2, 0.25) is 11.9 Å². The summed E-state index contributed by atoms with van der Waals surface area (Å²) in [6.45, 7) is 2.43. The Hall–Kier alpha value is -2.81. The number of aromatic nitrogens is 6. The van der Waals surface area contributed by atoms with Crippen molar-refractivity contribution in [2.45, 2.75) is 19.9 Å². The Morgan fingerprint density at radius 1 is 1.39 bits per heavy atom. The van der Waals surface area contributed by atoms with Crippen molar-refractivity contribution < 1.29 is 4.79 Å². The molecule has 1 aromatic carbocycles. The number of aromatic amines is 2. The lowest BCUT2D eigenvalue weighted by Gasteiger charge is -2.07. The summed E-state index contributed by atoms with van der Waals surface area (Å²) in [7, 11) is 0. The van der Waals surface area contributed by atoms with Crippen LogP contribution < -0.4 is 5.32 Å². The highest BCUT2D eigenvalue weighted by atomic mass is 32.1. The van der Waals surface area contributed by atoms with Crippen molar-refractivity contribution in [3.05, 3.63) is 40.9 Å². The van der Waals surface area contributed by atoms with Gasteiger partial charge in [-0.25, -0.2) is 5.10 Å². The van der Waals surface area contributed by atoms with E-state index >= 15 is 0 Å². The van der Waals surface area contributed by atoms with Crippen LogP contribution in [0.4, 0.5) is 5.95 Å². The van der Waals surface area contributed by atoms with Gasteiger partial charge in [0.25, 0.3) is 0 Å². The number of hydrogen-bond acceptors (Lipinski definition) is 5. The molecule has 0 fully saturated rings. The monoisotopic (exact) mass is 329 g/mol. The molecule has 3 N–H and O–H groups in total. The van der Waals surface area contributed by atoms with Gasteiger partial charge in [0.15, 0.2) is 10.6 Å². The summed E-state index contributed by atoms with van der Waals surface area (Å²) in [6.07, 6.45) is 1.57. The number of nitrogens with zero attached hydrogens (tertiary/aromatic N) is 4. The van der Waals surface area contributed by atoms with E-state index in [1.165, 1.54) is 6.33 Å². The molecule has 118 valence electrons. The number of carbonyl (C=O) groups is 1. The summed E-state index contributed by atoms with van der Waals surface area (Å²) in [5.74, 6) is 0.857. The number of H-pyrrole nitrogens is 2. The molecular weight excluding hydrogens is 314 g/mol. The Kier molecular flexibility index (Phi) is 4.29. The number of benzene rings is 1. The zero-order valence-corrected chi connectivity index (χ0v) is 13.2. The minimum absolute atomic E-state index is 0.181. The highest BCUT2D eigenvalue weighted by Gasteiger charge is 2.11. The summed E-state index contributed by atoms with van der Waals surface area (Å²) in [5, 5.41) is 15.9. The van der Waals surface area contributed by atoms with Crippen molar-refractivity contribution in [3.8, 4) is 11.4 Å². The predicted molar refractivity (Wildman–Crippen MR) is 87.2 cm³/mol. The zero-order valence-electron chi connectivity index (χ0n) is 12.4. The summed E-state index contributed by atoms with van der Waals surface area (Å²) in [6, 6.07) is 7.96. The van der Waals surface area contributed by atoms with Gasteiger partial charge >= 0.3 is 0 Å². The van der Waals surface area contributed by atoms with Gasteiger partial charge in [0, 0.05) is 18.5 Å². The molecule has 23 heavy (non-hydrogen) atoms. The normalized spacial score (nSPS) is 10.7. The first-order valence-corrected chi connectivity index (χ1v) is 7.42. The van der Waals surface area contributed by atoms with Crippen LogP contribution in [0.15, 0.2) is 30.6 Å². The second-order valence-electron chi connectivity index (χ2n) is 5.01. The van der Waals surface area contributed by atoms with E-state index in [-0.39, 0.29) is 12.3 Å².